The van der Waals surface area contributed by atoms with E-state index < -0.39 is 0 Å². The Balaban J connectivity index is 0.00000392. The fourth-order valence-electron chi connectivity index (χ4n) is 2.75. The van der Waals surface area contributed by atoms with Crippen LogP contribution in [0.4, 0.5) is 0 Å². The molecular weight excluding hydrogens is 531 g/mol. The van der Waals surface area contributed by atoms with E-state index in [1.165, 1.54) is 5.56 Å². The largest absolute Gasteiger partial charge is 0.356 e. The average molecular weight is 559 g/mol. The van der Waals surface area contributed by atoms with Crippen LogP contribution in [-0.4, -0.2) is 44.5 Å². The second-order valence-corrected chi connectivity index (χ2v) is 7.39. The Labute approximate surface area is 193 Å². The van der Waals surface area contributed by atoms with E-state index in [1.54, 1.807) is 26.0 Å². The van der Waals surface area contributed by atoms with Crippen LogP contribution in [0.1, 0.15) is 34.5 Å². The highest BCUT2D eigenvalue weighted by Gasteiger charge is 2.11. The molecule has 0 bridgehead atoms. The molecule has 0 saturated carbocycles. The molecule has 0 spiro atoms. The number of halogens is 2. The topological polar surface area (TPSA) is 56.7 Å². The molecule has 28 heavy (non-hydrogen) atoms. The van der Waals surface area contributed by atoms with Crippen LogP contribution >= 0.6 is 39.9 Å². The number of hydrogen-bond donors (Lipinski definition) is 2. The molecule has 2 aromatic rings. The third kappa shape index (κ3) is 7.09. The molecule has 0 heterocycles. The Morgan fingerprint density at radius 3 is 2.54 bits per heavy atom. The number of aliphatic imine (C=N–C) groups is 1. The normalized spacial score (nSPS) is 12.0. The molecular formula is C21H28BrIN4O. The number of amides is 1. The van der Waals surface area contributed by atoms with Crippen LogP contribution in [0.2, 0.25) is 0 Å². The molecule has 0 aliphatic heterocycles. The first kappa shape index (κ1) is 24.4. The predicted molar refractivity (Wildman–Crippen MR) is 131 cm³/mol. The van der Waals surface area contributed by atoms with Crippen LogP contribution in [0.15, 0.2) is 58.0 Å². The summed E-state index contributed by atoms with van der Waals surface area (Å²) in [5.41, 5.74) is 3.00. The van der Waals surface area contributed by atoms with Gasteiger partial charge in [-0.3, -0.25) is 9.79 Å². The number of rotatable bonds is 6. The highest BCUT2D eigenvalue weighted by atomic mass is 127. The van der Waals surface area contributed by atoms with Gasteiger partial charge < -0.3 is 15.5 Å². The molecule has 0 radical (unpaired) electrons. The molecule has 5 nitrogen and oxygen atoms in total. The minimum absolute atomic E-state index is 0. The summed E-state index contributed by atoms with van der Waals surface area (Å²) in [7, 11) is 5.29. The zero-order valence-corrected chi connectivity index (χ0v) is 20.6. The molecule has 2 rings (SSSR count). The van der Waals surface area contributed by atoms with E-state index in [9.17, 15) is 4.79 Å². The monoisotopic (exact) mass is 558 g/mol. The van der Waals surface area contributed by atoms with Crippen LogP contribution in [0.25, 0.3) is 0 Å². The average Bonchev–Trinajstić information content (AvgIpc) is 2.67. The first-order valence-corrected chi connectivity index (χ1v) is 9.74. The number of hydrogen-bond acceptors (Lipinski definition) is 2. The number of nitrogens with zero attached hydrogens (tertiary/aromatic N) is 2. The van der Waals surface area contributed by atoms with E-state index in [0.29, 0.717) is 5.56 Å². The summed E-state index contributed by atoms with van der Waals surface area (Å²) in [5, 5.41) is 6.74. The van der Waals surface area contributed by atoms with Gasteiger partial charge in [-0.15, -0.1) is 24.0 Å². The van der Waals surface area contributed by atoms with E-state index in [1.807, 2.05) is 42.5 Å². The van der Waals surface area contributed by atoms with Crippen molar-refractivity contribution in [2.75, 3.05) is 27.7 Å². The maximum atomic E-state index is 12.1. The minimum Gasteiger partial charge on any atom is -0.356 e. The quantitative estimate of drug-likeness (QED) is 0.317. The van der Waals surface area contributed by atoms with E-state index in [2.05, 4.69) is 44.5 Å². The van der Waals surface area contributed by atoms with Crippen molar-refractivity contribution in [2.45, 2.75) is 19.4 Å². The van der Waals surface area contributed by atoms with Crippen molar-refractivity contribution < 1.29 is 4.79 Å². The van der Waals surface area contributed by atoms with E-state index >= 15 is 0 Å². The van der Waals surface area contributed by atoms with Crippen LogP contribution in [0.3, 0.4) is 0 Å². The lowest BCUT2D eigenvalue weighted by Gasteiger charge is -2.19. The zero-order chi connectivity index (χ0) is 19.8. The maximum Gasteiger partial charge on any atom is 0.253 e. The van der Waals surface area contributed by atoms with Crippen molar-refractivity contribution in [3.05, 3.63) is 69.7 Å². The summed E-state index contributed by atoms with van der Waals surface area (Å²) in [6.45, 7) is 2.82. The van der Waals surface area contributed by atoms with Crippen LogP contribution < -0.4 is 10.6 Å². The van der Waals surface area contributed by atoms with Gasteiger partial charge in [0, 0.05) is 37.7 Å². The molecule has 0 fully saturated rings. The van der Waals surface area contributed by atoms with Gasteiger partial charge in [-0.25, -0.2) is 0 Å². The Morgan fingerprint density at radius 1 is 1.18 bits per heavy atom. The van der Waals surface area contributed by atoms with Gasteiger partial charge in [0.15, 0.2) is 5.96 Å². The molecule has 2 N–H and O–H groups in total. The summed E-state index contributed by atoms with van der Waals surface area (Å²) in [5.74, 6) is 0.767. The van der Waals surface area contributed by atoms with Gasteiger partial charge in [0.2, 0.25) is 0 Å². The highest BCUT2D eigenvalue weighted by Crippen LogP contribution is 2.22. The fraction of sp³-hybridized carbons (Fsp3) is 0.333. The summed E-state index contributed by atoms with van der Waals surface area (Å²) in [6.07, 6.45) is 0.804. The van der Waals surface area contributed by atoms with Gasteiger partial charge in [-0.2, -0.15) is 0 Å². The van der Waals surface area contributed by atoms with Gasteiger partial charge in [-0.05, 0) is 42.7 Å². The molecule has 2 aromatic carbocycles. The van der Waals surface area contributed by atoms with Crippen molar-refractivity contribution in [2.24, 2.45) is 4.99 Å². The Kier molecular flexibility index (Phi) is 10.5. The van der Waals surface area contributed by atoms with Gasteiger partial charge in [0.05, 0.1) is 6.04 Å². The second kappa shape index (κ2) is 12.1. The third-order valence-electron chi connectivity index (χ3n) is 4.23. The number of nitrogens with one attached hydrogen (secondary N) is 2. The van der Waals surface area contributed by atoms with Gasteiger partial charge >= 0.3 is 0 Å². The SMILES string of the molecule is CN=C(NCCc1cccc(C(=O)N(C)C)c1)NC(C)c1ccccc1Br.I. The fourth-order valence-corrected chi connectivity index (χ4v) is 3.38. The summed E-state index contributed by atoms with van der Waals surface area (Å²) < 4.78 is 1.07. The molecule has 0 aromatic heterocycles. The summed E-state index contributed by atoms with van der Waals surface area (Å²) >= 11 is 3.59. The molecule has 0 aliphatic rings. The van der Waals surface area contributed by atoms with Gasteiger partial charge in [0.1, 0.15) is 0 Å². The molecule has 1 amide bonds. The van der Waals surface area contributed by atoms with Crippen molar-refractivity contribution in [3.8, 4) is 0 Å². The van der Waals surface area contributed by atoms with Crippen molar-refractivity contribution in [1.82, 2.24) is 15.5 Å². The molecule has 0 aliphatic carbocycles. The zero-order valence-electron chi connectivity index (χ0n) is 16.7. The van der Waals surface area contributed by atoms with Gasteiger partial charge in [0.25, 0.3) is 5.91 Å². The first-order valence-electron chi connectivity index (χ1n) is 8.94. The lowest BCUT2D eigenvalue weighted by Crippen LogP contribution is -2.39. The van der Waals surface area contributed by atoms with Gasteiger partial charge in [-0.1, -0.05) is 46.3 Å². The number of benzene rings is 2. The third-order valence-corrected chi connectivity index (χ3v) is 4.96. The minimum atomic E-state index is 0. The van der Waals surface area contributed by atoms with Crippen LogP contribution in [0, 0.1) is 0 Å². The van der Waals surface area contributed by atoms with Crippen LogP contribution in [0.5, 0.6) is 0 Å². The first-order chi connectivity index (χ1) is 12.9. The molecule has 1 atom stereocenters. The van der Waals surface area contributed by atoms with E-state index in [-0.39, 0.29) is 35.9 Å². The van der Waals surface area contributed by atoms with E-state index in [4.69, 9.17) is 0 Å². The number of guanidine groups is 1. The molecule has 1 unspecified atom stereocenters. The standard InChI is InChI=1S/C21H27BrN4O.HI/c1-15(18-10-5-6-11-19(18)22)25-21(23-2)24-13-12-16-8-7-9-17(14-16)20(27)26(3)4;/h5-11,14-15H,12-13H2,1-4H3,(H2,23,24,25);1H. The van der Waals surface area contributed by atoms with E-state index in [0.717, 1.165) is 29.0 Å². The lowest BCUT2D eigenvalue weighted by molar-refractivity contribution is 0.0827. The van der Waals surface area contributed by atoms with Crippen molar-refractivity contribution >= 4 is 51.8 Å². The lowest BCUT2D eigenvalue weighted by atomic mass is 10.1. The van der Waals surface area contributed by atoms with Crippen LogP contribution in [-0.2, 0) is 6.42 Å². The molecule has 152 valence electrons. The number of carbonyl (C=O) groups is 1. The predicted octanol–water partition coefficient (Wildman–Crippen LogP) is 4.24. The highest BCUT2D eigenvalue weighted by molar-refractivity contribution is 14.0. The Bertz CT molecular complexity index is 810. The summed E-state index contributed by atoms with van der Waals surface area (Å²) in [6, 6.07) is 16.0. The van der Waals surface area contributed by atoms with Crippen molar-refractivity contribution in [1.29, 1.82) is 0 Å². The molecule has 0 saturated heterocycles. The van der Waals surface area contributed by atoms with Crippen molar-refractivity contribution in [3.63, 3.8) is 0 Å². The Hall–Kier alpha value is -1.61. The second-order valence-electron chi connectivity index (χ2n) is 6.54. The summed E-state index contributed by atoms with van der Waals surface area (Å²) in [4.78, 5) is 18.0. The maximum absolute atomic E-state index is 12.1. The Morgan fingerprint density at radius 2 is 1.89 bits per heavy atom. The molecule has 7 heteroatoms. The number of carbonyl (C=O) groups excluding carboxylic acids is 1. The smallest absolute Gasteiger partial charge is 0.253 e.